The molecule has 0 saturated carbocycles. The van der Waals surface area contributed by atoms with Crippen molar-refractivity contribution in [2.24, 2.45) is 0 Å². The molecule has 1 atom stereocenters. The van der Waals surface area contributed by atoms with E-state index in [0.717, 1.165) is 23.1 Å². The molecule has 3 rings (SSSR count). The Morgan fingerprint density at radius 1 is 1.40 bits per heavy atom. The summed E-state index contributed by atoms with van der Waals surface area (Å²) in [7, 11) is 0. The fourth-order valence-corrected chi connectivity index (χ4v) is 3.23. The Hall–Kier alpha value is -1.24. The average Bonchev–Trinajstić information content (AvgIpc) is 3.09. The first-order chi connectivity index (χ1) is 9.72. The summed E-state index contributed by atoms with van der Waals surface area (Å²) in [5.74, 6) is -0.127. The van der Waals surface area contributed by atoms with Crippen LogP contribution in [0.4, 0.5) is 5.13 Å². The van der Waals surface area contributed by atoms with Crippen LogP contribution in [-0.2, 0) is 0 Å². The molecular weight excluding hydrogens is 338 g/mol. The molecule has 0 spiro atoms. The van der Waals surface area contributed by atoms with Crippen molar-refractivity contribution >= 4 is 38.3 Å². The summed E-state index contributed by atoms with van der Waals surface area (Å²) in [6, 6.07) is 7.61. The predicted molar refractivity (Wildman–Crippen MR) is 84.2 cm³/mol. The maximum Gasteiger partial charge on any atom is 0.257 e. The third-order valence-corrected chi connectivity index (χ3v) is 4.57. The van der Waals surface area contributed by atoms with Crippen molar-refractivity contribution < 1.29 is 4.79 Å². The number of hydrogen-bond acceptors (Lipinski definition) is 4. The lowest BCUT2D eigenvalue weighted by molar-refractivity contribution is 0.102. The highest BCUT2D eigenvalue weighted by atomic mass is 79.9. The van der Waals surface area contributed by atoms with Crippen LogP contribution in [0.5, 0.6) is 0 Å². The van der Waals surface area contributed by atoms with Gasteiger partial charge in [-0.3, -0.25) is 10.1 Å². The zero-order valence-electron chi connectivity index (χ0n) is 10.7. The van der Waals surface area contributed by atoms with Crippen LogP contribution in [0.15, 0.2) is 34.1 Å². The van der Waals surface area contributed by atoms with Gasteiger partial charge in [-0.05, 0) is 43.7 Å². The van der Waals surface area contributed by atoms with Gasteiger partial charge in [0.2, 0.25) is 0 Å². The van der Waals surface area contributed by atoms with Gasteiger partial charge in [-0.25, -0.2) is 4.98 Å². The van der Waals surface area contributed by atoms with Crippen molar-refractivity contribution in [3.63, 3.8) is 0 Å². The van der Waals surface area contributed by atoms with E-state index in [9.17, 15) is 4.79 Å². The molecule has 0 bridgehead atoms. The Bertz CT molecular complexity index is 605. The number of halogens is 1. The number of rotatable bonds is 3. The molecule has 20 heavy (non-hydrogen) atoms. The van der Waals surface area contributed by atoms with E-state index in [0.29, 0.717) is 16.7 Å². The fourth-order valence-electron chi connectivity index (χ4n) is 2.21. The Balaban J connectivity index is 1.68. The van der Waals surface area contributed by atoms with Crippen LogP contribution in [-0.4, -0.2) is 17.4 Å². The van der Waals surface area contributed by atoms with Crippen molar-refractivity contribution in [2.75, 3.05) is 11.9 Å². The summed E-state index contributed by atoms with van der Waals surface area (Å²) in [4.78, 5) is 16.6. The quantitative estimate of drug-likeness (QED) is 0.888. The van der Waals surface area contributed by atoms with E-state index in [1.807, 2.05) is 17.5 Å². The number of thiazole rings is 1. The maximum atomic E-state index is 12.1. The summed E-state index contributed by atoms with van der Waals surface area (Å²) < 4.78 is 0.956. The molecule has 6 heteroatoms. The van der Waals surface area contributed by atoms with Gasteiger partial charge in [0.1, 0.15) is 0 Å². The molecule has 1 aromatic heterocycles. The van der Waals surface area contributed by atoms with Gasteiger partial charge in [0.25, 0.3) is 5.91 Å². The van der Waals surface area contributed by atoms with Crippen LogP contribution in [0.1, 0.15) is 34.9 Å². The van der Waals surface area contributed by atoms with Gasteiger partial charge in [0.05, 0.1) is 11.7 Å². The van der Waals surface area contributed by atoms with Crippen LogP contribution in [0, 0.1) is 0 Å². The number of nitrogens with zero attached hydrogens (tertiary/aromatic N) is 1. The molecule has 4 nitrogen and oxygen atoms in total. The lowest BCUT2D eigenvalue weighted by Crippen LogP contribution is -2.14. The molecule has 2 heterocycles. The van der Waals surface area contributed by atoms with Crippen LogP contribution < -0.4 is 10.6 Å². The fraction of sp³-hybridized carbons (Fsp3) is 0.286. The molecule has 1 amide bonds. The number of carbonyl (C=O) groups is 1. The number of carbonyl (C=O) groups excluding carboxylic acids is 1. The van der Waals surface area contributed by atoms with E-state index >= 15 is 0 Å². The normalized spacial score (nSPS) is 18.1. The van der Waals surface area contributed by atoms with E-state index in [1.165, 1.54) is 17.8 Å². The first kappa shape index (κ1) is 13.7. The van der Waals surface area contributed by atoms with Gasteiger partial charge >= 0.3 is 0 Å². The van der Waals surface area contributed by atoms with Gasteiger partial charge < -0.3 is 5.32 Å². The molecule has 0 unspecified atom stereocenters. The third-order valence-electron chi connectivity index (χ3n) is 3.27. The number of nitrogens with one attached hydrogen (secondary N) is 2. The highest BCUT2D eigenvalue weighted by Gasteiger charge is 2.19. The number of amides is 1. The van der Waals surface area contributed by atoms with Crippen LogP contribution in [0.3, 0.4) is 0 Å². The Labute approximate surface area is 129 Å². The zero-order valence-corrected chi connectivity index (χ0v) is 13.1. The number of hydrogen-bond donors (Lipinski definition) is 2. The summed E-state index contributed by atoms with van der Waals surface area (Å²) >= 11 is 4.82. The van der Waals surface area contributed by atoms with Gasteiger partial charge in [-0.15, -0.1) is 11.3 Å². The largest absolute Gasteiger partial charge is 0.309 e. The van der Waals surface area contributed by atoms with Crippen molar-refractivity contribution in [2.45, 2.75) is 18.9 Å². The zero-order chi connectivity index (χ0) is 13.9. The molecule has 0 radical (unpaired) electrons. The minimum absolute atomic E-state index is 0.127. The summed E-state index contributed by atoms with van der Waals surface area (Å²) in [5, 5.41) is 8.92. The van der Waals surface area contributed by atoms with Crippen LogP contribution in [0.25, 0.3) is 0 Å². The first-order valence-corrected chi connectivity index (χ1v) is 8.15. The summed E-state index contributed by atoms with van der Waals surface area (Å²) in [6.07, 6.45) is 2.30. The average molecular weight is 352 g/mol. The second-order valence-electron chi connectivity index (χ2n) is 4.69. The molecular formula is C14H14BrN3OS. The van der Waals surface area contributed by atoms with Gasteiger partial charge in [-0.1, -0.05) is 15.9 Å². The monoisotopic (exact) mass is 351 g/mol. The summed E-state index contributed by atoms with van der Waals surface area (Å²) in [5.41, 5.74) is 1.66. The molecule has 2 N–H and O–H groups in total. The third kappa shape index (κ3) is 3.08. The van der Waals surface area contributed by atoms with Gasteiger partial charge in [0.15, 0.2) is 5.13 Å². The van der Waals surface area contributed by atoms with Crippen LogP contribution in [0.2, 0.25) is 0 Å². The van der Waals surface area contributed by atoms with Crippen molar-refractivity contribution in [3.05, 3.63) is 45.4 Å². The lowest BCUT2D eigenvalue weighted by atomic mass is 10.2. The number of benzene rings is 1. The van der Waals surface area contributed by atoms with E-state index in [2.05, 4.69) is 31.5 Å². The summed E-state index contributed by atoms with van der Waals surface area (Å²) in [6.45, 7) is 1.04. The standard InChI is InChI=1S/C14H14BrN3OS/c15-10-5-3-9(4-6-10)13(19)18-14-17-12(8-20-14)11-2-1-7-16-11/h3-6,8,11,16H,1-2,7H2,(H,17,18,19)/t11-/m0/s1. The molecule has 1 fully saturated rings. The highest BCUT2D eigenvalue weighted by Crippen LogP contribution is 2.26. The van der Waals surface area contributed by atoms with E-state index in [-0.39, 0.29) is 5.91 Å². The number of anilines is 1. The second kappa shape index (κ2) is 6.03. The number of aromatic nitrogens is 1. The van der Waals surface area contributed by atoms with Crippen molar-refractivity contribution in [1.82, 2.24) is 10.3 Å². The SMILES string of the molecule is O=C(Nc1nc([C@@H]2CCCN2)cs1)c1ccc(Br)cc1. The minimum Gasteiger partial charge on any atom is -0.309 e. The van der Waals surface area contributed by atoms with Crippen molar-refractivity contribution in [1.29, 1.82) is 0 Å². The maximum absolute atomic E-state index is 12.1. The highest BCUT2D eigenvalue weighted by molar-refractivity contribution is 9.10. The molecule has 104 valence electrons. The second-order valence-corrected chi connectivity index (χ2v) is 6.46. The molecule has 1 aliphatic rings. The minimum atomic E-state index is -0.127. The molecule has 1 saturated heterocycles. The van der Waals surface area contributed by atoms with E-state index in [4.69, 9.17) is 0 Å². The van der Waals surface area contributed by atoms with Gasteiger partial charge in [-0.2, -0.15) is 0 Å². The first-order valence-electron chi connectivity index (χ1n) is 6.48. The molecule has 1 aliphatic heterocycles. The van der Waals surface area contributed by atoms with E-state index in [1.54, 1.807) is 12.1 Å². The Morgan fingerprint density at radius 2 is 2.20 bits per heavy atom. The van der Waals surface area contributed by atoms with Gasteiger partial charge in [0, 0.05) is 15.4 Å². The molecule has 0 aliphatic carbocycles. The predicted octanol–water partition coefficient (Wildman–Crippen LogP) is 3.58. The van der Waals surface area contributed by atoms with Crippen molar-refractivity contribution in [3.8, 4) is 0 Å². The van der Waals surface area contributed by atoms with Crippen LogP contribution >= 0.6 is 27.3 Å². The Kier molecular flexibility index (Phi) is 4.14. The smallest absolute Gasteiger partial charge is 0.257 e. The molecule has 1 aromatic carbocycles. The molecule has 2 aromatic rings. The lowest BCUT2D eigenvalue weighted by Gasteiger charge is -2.05. The van der Waals surface area contributed by atoms with E-state index < -0.39 is 0 Å². The Morgan fingerprint density at radius 3 is 2.90 bits per heavy atom. The topological polar surface area (TPSA) is 54.0 Å².